The number of carbonyl (C=O) groups excluding carboxylic acids is 1. The Morgan fingerprint density at radius 1 is 1.32 bits per heavy atom. The van der Waals surface area contributed by atoms with Crippen molar-refractivity contribution in [3.05, 3.63) is 63.9 Å². The average Bonchev–Trinajstić information content (AvgIpc) is 2.53. The highest BCUT2D eigenvalue weighted by Gasteiger charge is 2.20. The van der Waals surface area contributed by atoms with Crippen LogP contribution in [0.2, 0.25) is 5.02 Å². The predicted octanol–water partition coefficient (Wildman–Crippen LogP) is 2.65. The van der Waals surface area contributed by atoms with E-state index in [1.54, 1.807) is 6.20 Å². The summed E-state index contributed by atoms with van der Waals surface area (Å²) >= 11 is 5.86. The van der Waals surface area contributed by atoms with Gasteiger partial charge in [0.15, 0.2) is 0 Å². The van der Waals surface area contributed by atoms with Gasteiger partial charge in [-0.3, -0.25) is 9.78 Å². The summed E-state index contributed by atoms with van der Waals surface area (Å²) in [6.07, 6.45) is 4.42. The number of hydrogen-bond donors (Lipinski definition) is 1. The number of aromatic nitrogens is 1. The Hall–Kier alpha value is -1.91. The van der Waals surface area contributed by atoms with Gasteiger partial charge in [-0.15, -0.1) is 0 Å². The summed E-state index contributed by atoms with van der Waals surface area (Å²) in [4.78, 5) is 18.9. The number of nitrogens with one attached hydrogen (secondary N) is 1. The Balaban J connectivity index is 1.73. The first-order valence-electron chi connectivity index (χ1n) is 7.30. The minimum Gasteiger partial charge on any atom is -0.348 e. The smallest absolute Gasteiger partial charge is 0.253 e. The van der Waals surface area contributed by atoms with Crippen LogP contribution in [-0.4, -0.2) is 29.4 Å². The number of benzene rings is 1. The fourth-order valence-electron chi connectivity index (χ4n) is 2.71. The van der Waals surface area contributed by atoms with Crippen LogP contribution >= 0.6 is 11.6 Å². The maximum Gasteiger partial charge on any atom is 0.253 e. The molecule has 22 heavy (non-hydrogen) atoms. The maximum absolute atomic E-state index is 12.4. The second kappa shape index (κ2) is 6.46. The van der Waals surface area contributed by atoms with Crippen molar-refractivity contribution in [3.8, 4) is 0 Å². The number of amides is 1. The van der Waals surface area contributed by atoms with Gasteiger partial charge < -0.3 is 10.2 Å². The Bertz CT molecular complexity index is 685. The van der Waals surface area contributed by atoms with Crippen molar-refractivity contribution in [3.63, 3.8) is 0 Å². The predicted molar refractivity (Wildman–Crippen MR) is 86.9 cm³/mol. The van der Waals surface area contributed by atoms with Gasteiger partial charge in [0.2, 0.25) is 0 Å². The first kappa shape index (κ1) is 15.0. The third-order valence-electron chi connectivity index (χ3n) is 3.94. The largest absolute Gasteiger partial charge is 0.348 e. The molecule has 1 N–H and O–H groups in total. The van der Waals surface area contributed by atoms with E-state index in [9.17, 15) is 4.79 Å². The molecule has 3 rings (SSSR count). The van der Waals surface area contributed by atoms with Crippen LogP contribution in [-0.2, 0) is 19.5 Å². The molecular weight excluding hydrogens is 298 g/mol. The first-order valence-corrected chi connectivity index (χ1v) is 7.68. The van der Waals surface area contributed by atoms with Gasteiger partial charge in [0.05, 0.1) is 5.56 Å². The van der Waals surface area contributed by atoms with E-state index >= 15 is 0 Å². The molecule has 0 saturated heterocycles. The van der Waals surface area contributed by atoms with Crippen molar-refractivity contribution in [1.29, 1.82) is 0 Å². The molecule has 1 aliphatic heterocycles. The zero-order chi connectivity index (χ0) is 15.5. The van der Waals surface area contributed by atoms with Crippen LogP contribution in [0.15, 0.2) is 36.7 Å². The van der Waals surface area contributed by atoms with E-state index in [0.29, 0.717) is 17.1 Å². The Morgan fingerprint density at radius 3 is 2.86 bits per heavy atom. The summed E-state index contributed by atoms with van der Waals surface area (Å²) in [7, 11) is 2.08. The highest BCUT2D eigenvalue weighted by molar-refractivity contribution is 6.30. The van der Waals surface area contributed by atoms with Crippen LogP contribution < -0.4 is 5.32 Å². The molecule has 114 valence electrons. The lowest BCUT2D eigenvalue weighted by Crippen LogP contribution is -2.30. The van der Waals surface area contributed by atoms with Gasteiger partial charge in [-0.05, 0) is 42.3 Å². The molecule has 0 atom stereocenters. The van der Waals surface area contributed by atoms with E-state index in [1.807, 2.05) is 30.5 Å². The van der Waals surface area contributed by atoms with Crippen molar-refractivity contribution in [2.75, 3.05) is 13.6 Å². The van der Waals surface area contributed by atoms with Gasteiger partial charge in [0, 0.05) is 37.1 Å². The van der Waals surface area contributed by atoms with Crippen LogP contribution in [0.5, 0.6) is 0 Å². The van der Waals surface area contributed by atoms with Crippen molar-refractivity contribution >= 4 is 17.5 Å². The fraction of sp³-hybridized carbons (Fsp3) is 0.294. The number of likely N-dealkylation sites (N-methyl/N-ethyl adjacent to an activating group) is 1. The summed E-state index contributed by atoms with van der Waals surface area (Å²) in [5.74, 6) is -0.0659. The van der Waals surface area contributed by atoms with E-state index < -0.39 is 0 Å². The van der Waals surface area contributed by atoms with Gasteiger partial charge in [-0.1, -0.05) is 23.7 Å². The second-order valence-electron chi connectivity index (χ2n) is 5.62. The third kappa shape index (κ3) is 3.29. The molecule has 5 heteroatoms. The molecule has 0 saturated carbocycles. The third-order valence-corrected chi connectivity index (χ3v) is 4.19. The zero-order valence-corrected chi connectivity index (χ0v) is 13.2. The standard InChI is InChI=1S/C17H18ClN3O/c1-21-7-6-15-13(11-21)9-19-10-16(15)17(22)20-8-12-2-4-14(18)5-3-12/h2-5,9-10H,6-8,11H2,1H3,(H,20,22). The SMILES string of the molecule is CN1CCc2c(cncc2C(=O)NCc2ccc(Cl)cc2)C1. The highest BCUT2D eigenvalue weighted by Crippen LogP contribution is 2.20. The molecule has 0 spiro atoms. The second-order valence-corrected chi connectivity index (χ2v) is 6.06. The van der Waals surface area contributed by atoms with Crippen molar-refractivity contribution in [2.45, 2.75) is 19.5 Å². The van der Waals surface area contributed by atoms with Crippen molar-refractivity contribution in [2.24, 2.45) is 0 Å². The summed E-state index contributed by atoms with van der Waals surface area (Å²) in [6.45, 7) is 2.30. The number of halogens is 1. The number of pyridine rings is 1. The fourth-order valence-corrected chi connectivity index (χ4v) is 2.84. The van der Waals surface area contributed by atoms with Crippen LogP contribution in [0.3, 0.4) is 0 Å². The molecule has 0 unspecified atom stereocenters. The number of rotatable bonds is 3. The number of fused-ring (bicyclic) bond motifs is 1. The van der Waals surface area contributed by atoms with Gasteiger partial charge in [-0.25, -0.2) is 0 Å². The minimum atomic E-state index is -0.0659. The molecule has 0 aliphatic carbocycles. The van der Waals surface area contributed by atoms with E-state index in [4.69, 9.17) is 11.6 Å². The minimum absolute atomic E-state index is 0.0659. The lowest BCUT2D eigenvalue weighted by molar-refractivity contribution is 0.0948. The number of nitrogens with zero attached hydrogens (tertiary/aromatic N) is 2. The molecule has 2 aromatic rings. The quantitative estimate of drug-likeness (QED) is 0.947. The number of carbonyl (C=O) groups is 1. The molecule has 1 aromatic carbocycles. The normalized spacial score (nSPS) is 14.5. The molecule has 2 heterocycles. The van der Waals surface area contributed by atoms with Crippen LogP contribution in [0.4, 0.5) is 0 Å². The Kier molecular flexibility index (Phi) is 4.41. The molecule has 1 amide bonds. The highest BCUT2D eigenvalue weighted by atomic mass is 35.5. The van der Waals surface area contributed by atoms with Crippen molar-refractivity contribution in [1.82, 2.24) is 15.2 Å². The van der Waals surface area contributed by atoms with Gasteiger partial charge in [0.25, 0.3) is 5.91 Å². The van der Waals surface area contributed by atoms with E-state index in [1.165, 1.54) is 0 Å². The van der Waals surface area contributed by atoms with Crippen LogP contribution in [0, 0.1) is 0 Å². The molecule has 0 bridgehead atoms. The molecule has 0 radical (unpaired) electrons. The first-order chi connectivity index (χ1) is 10.6. The summed E-state index contributed by atoms with van der Waals surface area (Å²) < 4.78 is 0. The monoisotopic (exact) mass is 315 g/mol. The maximum atomic E-state index is 12.4. The lowest BCUT2D eigenvalue weighted by Gasteiger charge is -2.26. The lowest BCUT2D eigenvalue weighted by atomic mass is 9.97. The molecule has 1 aliphatic rings. The van der Waals surface area contributed by atoms with Gasteiger partial charge in [0.1, 0.15) is 0 Å². The number of hydrogen-bond acceptors (Lipinski definition) is 3. The molecule has 4 nitrogen and oxygen atoms in total. The van der Waals surface area contributed by atoms with Crippen LogP contribution in [0.25, 0.3) is 0 Å². The summed E-state index contributed by atoms with van der Waals surface area (Å²) in [5.41, 5.74) is 3.99. The van der Waals surface area contributed by atoms with Gasteiger partial charge in [-0.2, -0.15) is 0 Å². The Labute approximate surface area is 135 Å². The zero-order valence-electron chi connectivity index (χ0n) is 12.5. The van der Waals surface area contributed by atoms with Crippen LogP contribution in [0.1, 0.15) is 27.0 Å². The van der Waals surface area contributed by atoms with E-state index in [0.717, 1.165) is 36.2 Å². The summed E-state index contributed by atoms with van der Waals surface area (Å²) in [5, 5.41) is 3.66. The topological polar surface area (TPSA) is 45.2 Å². The molecule has 0 fully saturated rings. The summed E-state index contributed by atoms with van der Waals surface area (Å²) in [6, 6.07) is 7.47. The molecule has 1 aromatic heterocycles. The Morgan fingerprint density at radius 2 is 2.09 bits per heavy atom. The van der Waals surface area contributed by atoms with E-state index in [2.05, 4.69) is 22.2 Å². The molecular formula is C17H18ClN3O. The average molecular weight is 316 g/mol. The van der Waals surface area contributed by atoms with Crippen molar-refractivity contribution < 1.29 is 4.79 Å². The van der Waals surface area contributed by atoms with E-state index in [-0.39, 0.29) is 5.91 Å². The van der Waals surface area contributed by atoms with Gasteiger partial charge >= 0.3 is 0 Å².